The molecular weight excluding hydrogens is 334 g/mol. The van der Waals surface area contributed by atoms with Gasteiger partial charge in [0.05, 0.1) is 17.6 Å². The molecule has 0 bridgehead atoms. The third kappa shape index (κ3) is 3.83. The molecule has 0 aliphatic heterocycles. The SMILES string of the molecule is CC(=O)c1ccc(OCc2ccc(C(=O)Nc3cnn(C)c3C)o2)cc1. The summed E-state index contributed by atoms with van der Waals surface area (Å²) in [5.74, 6) is 0.983. The van der Waals surface area contributed by atoms with Gasteiger partial charge in [-0.3, -0.25) is 14.3 Å². The first-order chi connectivity index (χ1) is 12.4. The number of nitrogens with zero attached hydrogens (tertiary/aromatic N) is 2. The first kappa shape index (κ1) is 17.5. The lowest BCUT2D eigenvalue weighted by Gasteiger charge is -2.05. The van der Waals surface area contributed by atoms with E-state index in [-0.39, 0.29) is 24.1 Å². The maximum Gasteiger partial charge on any atom is 0.291 e. The summed E-state index contributed by atoms with van der Waals surface area (Å²) in [4.78, 5) is 23.5. The Morgan fingerprint density at radius 3 is 2.54 bits per heavy atom. The van der Waals surface area contributed by atoms with Crippen molar-refractivity contribution >= 4 is 17.4 Å². The number of carbonyl (C=O) groups excluding carboxylic acids is 2. The van der Waals surface area contributed by atoms with Crippen LogP contribution in [0.2, 0.25) is 0 Å². The van der Waals surface area contributed by atoms with Crippen molar-refractivity contribution in [2.75, 3.05) is 5.32 Å². The van der Waals surface area contributed by atoms with Crippen LogP contribution in [-0.4, -0.2) is 21.5 Å². The summed E-state index contributed by atoms with van der Waals surface area (Å²) >= 11 is 0. The quantitative estimate of drug-likeness (QED) is 0.687. The Morgan fingerprint density at radius 2 is 1.92 bits per heavy atom. The number of aryl methyl sites for hydroxylation is 1. The minimum absolute atomic E-state index is 0.00194. The highest BCUT2D eigenvalue weighted by Crippen LogP contribution is 2.18. The molecule has 0 saturated carbocycles. The van der Waals surface area contributed by atoms with Crippen LogP contribution in [0, 0.1) is 6.92 Å². The largest absolute Gasteiger partial charge is 0.486 e. The van der Waals surface area contributed by atoms with E-state index in [9.17, 15) is 9.59 Å². The van der Waals surface area contributed by atoms with Gasteiger partial charge in [0, 0.05) is 12.6 Å². The fraction of sp³-hybridized carbons (Fsp3) is 0.211. The first-order valence-corrected chi connectivity index (χ1v) is 8.06. The molecule has 0 atom stereocenters. The number of furan rings is 1. The van der Waals surface area contributed by atoms with Gasteiger partial charge >= 0.3 is 0 Å². The molecule has 2 aromatic heterocycles. The van der Waals surface area contributed by atoms with E-state index in [1.54, 1.807) is 54.3 Å². The summed E-state index contributed by atoms with van der Waals surface area (Å²) in [5, 5.41) is 6.84. The molecule has 1 aromatic carbocycles. The number of nitrogens with one attached hydrogen (secondary N) is 1. The molecule has 3 aromatic rings. The summed E-state index contributed by atoms with van der Waals surface area (Å²) in [7, 11) is 1.80. The number of hydrogen-bond donors (Lipinski definition) is 1. The van der Waals surface area contributed by atoms with E-state index in [0.717, 1.165) is 5.69 Å². The van der Waals surface area contributed by atoms with Crippen LogP contribution < -0.4 is 10.1 Å². The van der Waals surface area contributed by atoms with Crippen LogP contribution in [0.5, 0.6) is 5.75 Å². The van der Waals surface area contributed by atoms with E-state index in [1.807, 2.05) is 6.92 Å². The van der Waals surface area contributed by atoms with E-state index in [4.69, 9.17) is 9.15 Å². The lowest BCUT2D eigenvalue weighted by Crippen LogP contribution is -2.11. The highest BCUT2D eigenvalue weighted by atomic mass is 16.5. The van der Waals surface area contributed by atoms with Crippen LogP contribution >= 0.6 is 0 Å². The third-order valence-electron chi connectivity index (χ3n) is 4.01. The molecular formula is C19H19N3O4. The monoisotopic (exact) mass is 353 g/mol. The van der Waals surface area contributed by atoms with Crippen molar-refractivity contribution in [3.8, 4) is 5.75 Å². The lowest BCUT2D eigenvalue weighted by atomic mass is 10.1. The number of aromatic nitrogens is 2. The van der Waals surface area contributed by atoms with Crippen LogP contribution in [0.1, 0.15) is 39.3 Å². The average Bonchev–Trinajstić information content (AvgIpc) is 3.22. The molecule has 0 radical (unpaired) electrons. The van der Waals surface area contributed by atoms with Crippen LogP contribution in [0.25, 0.3) is 0 Å². The highest BCUT2D eigenvalue weighted by Gasteiger charge is 2.14. The maximum atomic E-state index is 12.2. The normalized spacial score (nSPS) is 10.6. The van der Waals surface area contributed by atoms with Gasteiger partial charge in [0.1, 0.15) is 18.1 Å². The molecule has 134 valence electrons. The van der Waals surface area contributed by atoms with E-state index < -0.39 is 0 Å². The Morgan fingerprint density at radius 1 is 1.19 bits per heavy atom. The Labute approximate surface area is 150 Å². The average molecular weight is 353 g/mol. The number of ether oxygens (including phenoxy) is 1. The zero-order chi connectivity index (χ0) is 18.7. The molecule has 0 aliphatic carbocycles. The summed E-state index contributed by atoms with van der Waals surface area (Å²) in [6.45, 7) is 3.55. The summed E-state index contributed by atoms with van der Waals surface area (Å²) < 4.78 is 12.8. The minimum atomic E-state index is -0.349. The first-order valence-electron chi connectivity index (χ1n) is 8.06. The highest BCUT2D eigenvalue weighted by molar-refractivity contribution is 6.02. The standard InChI is InChI=1S/C19H19N3O4/c1-12-17(10-20-22(12)3)21-19(24)18-9-8-16(26-18)11-25-15-6-4-14(5-7-15)13(2)23/h4-10H,11H2,1-3H3,(H,21,24). The van der Waals surface area contributed by atoms with Crippen molar-refractivity contribution in [3.05, 3.63) is 65.4 Å². The topological polar surface area (TPSA) is 86.4 Å². The number of hydrogen-bond acceptors (Lipinski definition) is 5. The van der Waals surface area contributed by atoms with Gasteiger partial charge in [0.2, 0.25) is 0 Å². The van der Waals surface area contributed by atoms with Crippen molar-refractivity contribution in [2.45, 2.75) is 20.5 Å². The van der Waals surface area contributed by atoms with Crippen molar-refractivity contribution in [2.24, 2.45) is 7.05 Å². The van der Waals surface area contributed by atoms with E-state index >= 15 is 0 Å². The van der Waals surface area contributed by atoms with Crippen LogP contribution in [0.3, 0.4) is 0 Å². The van der Waals surface area contributed by atoms with Crippen LogP contribution in [0.4, 0.5) is 5.69 Å². The van der Waals surface area contributed by atoms with Gasteiger partial charge in [-0.1, -0.05) is 0 Å². The lowest BCUT2D eigenvalue weighted by molar-refractivity contribution is 0.0990. The van der Waals surface area contributed by atoms with Gasteiger partial charge in [-0.05, 0) is 50.2 Å². The summed E-state index contributed by atoms with van der Waals surface area (Å²) in [6.07, 6.45) is 1.59. The zero-order valence-electron chi connectivity index (χ0n) is 14.8. The number of benzene rings is 1. The molecule has 0 aliphatic rings. The molecule has 1 amide bonds. The molecule has 0 fully saturated rings. The Bertz CT molecular complexity index is 938. The van der Waals surface area contributed by atoms with Gasteiger partial charge in [0.25, 0.3) is 5.91 Å². The molecule has 7 heteroatoms. The van der Waals surface area contributed by atoms with Crippen molar-refractivity contribution in [3.63, 3.8) is 0 Å². The third-order valence-corrected chi connectivity index (χ3v) is 4.01. The Hall–Kier alpha value is -3.35. The van der Waals surface area contributed by atoms with Gasteiger partial charge in [-0.2, -0.15) is 5.10 Å². The second kappa shape index (κ2) is 7.26. The predicted octanol–water partition coefficient (Wildman–Crippen LogP) is 3.36. The number of anilines is 1. The number of rotatable bonds is 6. The summed E-state index contributed by atoms with van der Waals surface area (Å²) in [6, 6.07) is 10.1. The van der Waals surface area contributed by atoms with E-state index in [2.05, 4.69) is 10.4 Å². The fourth-order valence-corrected chi connectivity index (χ4v) is 2.32. The van der Waals surface area contributed by atoms with E-state index in [0.29, 0.717) is 22.8 Å². The number of ketones is 1. The van der Waals surface area contributed by atoms with Crippen molar-refractivity contribution in [1.82, 2.24) is 9.78 Å². The van der Waals surface area contributed by atoms with Crippen LogP contribution in [-0.2, 0) is 13.7 Å². The summed E-state index contributed by atoms with van der Waals surface area (Å²) in [5.41, 5.74) is 2.11. The number of Topliss-reactive ketones (excluding diaryl/α,β-unsaturated/α-hetero) is 1. The fourth-order valence-electron chi connectivity index (χ4n) is 2.32. The molecule has 26 heavy (non-hydrogen) atoms. The molecule has 3 rings (SSSR count). The van der Waals surface area contributed by atoms with Crippen molar-refractivity contribution < 1.29 is 18.7 Å². The smallest absolute Gasteiger partial charge is 0.291 e. The molecule has 7 nitrogen and oxygen atoms in total. The number of amides is 1. The molecule has 0 unspecified atom stereocenters. The second-order valence-electron chi connectivity index (χ2n) is 5.86. The Kier molecular flexibility index (Phi) is 4.88. The zero-order valence-corrected chi connectivity index (χ0v) is 14.8. The van der Waals surface area contributed by atoms with Gasteiger partial charge in [-0.25, -0.2) is 0 Å². The molecule has 0 saturated heterocycles. The molecule has 2 heterocycles. The Balaban J connectivity index is 1.59. The van der Waals surface area contributed by atoms with E-state index in [1.165, 1.54) is 6.92 Å². The molecule has 1 N–H and O–H groups in total. The van der Waals surface area contributed by atoms with Gasteiger partial charge in [0.15, 0.2) is 11.5 Å². The van der Waals surface area contributed by atoms with Gasteiger partial charge in [-0.15, -0.1) is 0 Å². The van der Waals surface area contributed by atoms with Crippen LogP contribution in [0.15, 0.2) is 47.0 Å². The van der Waals surface area contributed by atoms with Gasteiger partial charge < -0.3 is 14.5 Å². The van der Waals surface area contributed by atoms with Crippen molar-refractivity contribution in [1.29, 1.82) is 0 Å². The second-order valence-corrected chi connectivity index (χ2v) is 5.86. The maximum absolute atomic E-state index is 12.2. The molecule has 0 spiro atoms. The minimum Gasteiger partial charge on any atom is -0.486 e. The number of carbonyl (C=O) groups is 2. The predicted molar refractivity (Wildman–Crippen MR) is 95.4 cm³/mol.